The number of piperidine rings is 1. The first kappa shape index (κ1) is 16.8. The highest BCUT2D eigenvalue weighted by Crippen LogP contribution is 2.37. The number of hydrogen-bond donors (Lipinski definition) is 1. The number of ether oxygens (including phenoxy) is 1. The third-order valence-electron chi connectivity index (χ3n) is 5.12. The van der Waals surface area contributed by atoms with Gasteiger partial charge < -0.3 is 9.84 Å². The van der Waals surface area contributed by atoms with Crippen molar-refractivity contribution in [1.29, 1.82) is 0 Å². The molecule has 1 N–H and O–H groups in total. The monoisotopic (exact) mass is 297 g/mol. The van der Waals surface area contributed by atoms with Crippen molar-refractivity contribution in [3.05, 3.63) is 0 Å². The van der Waals surface area contributed by atoms with Gasteiger partial charge in [-0.05, 0) is 43.9 Å². The summed E-state index contributed by atoms with van der Waals surface area (Å²) in [6.45, 7) is 6.62. The highest BCUT2D eigenvalue weighted by atomic mass is 16.5. The molecule has 2 rings (SSSR count). The Morgan fingerprint density at radius 3 is 2.67 bits per heavy atom. The van der Waals surface area contributed by atoms with Crippen molar-refractivity contribution in [2.24, 2.45) is 11.8 Å². The van der Waals surface area contributed by atoms with E-state index in [4.69, 9.17) is 4.74 Å². The topological polar surface area (TPSA) is 49.8 Å². The summed E-state index contributed by atoms with van der Waals surface area (Å²) in [5.41, 5.74) is 0. The number of rotatable bonds is 7. The molecule has 3 atom stereocenters. The van der Waals surface area contributed by atoms with Gasteiger partial charge in [0.2, 0.25) is 0 Å². The molecule has 1 saturated heterocycles. The van der Waals surface area contributed by atoms with Crippen LogP contribution >= 0.6 is 0 Å². The van der Waals surface area contributed by atoms with Gasteiger partial charge in [-0.1, -0.05) is 26.7 Å². The van der Waals surface area contributed by atoms with Crippen molar-refractivity contribution in [2.45, 2.75) is 70.9 Å². The molecule has 0 radical (unpaired) electrons. The van der Waals surface area contributed by atoms with E-state index in [1.54, 1.807) is 0 Å². The molecule has 0 amide bonds. The van der Waals surface area contributed by atoms with Gasteiger partial charge in [0.15, 0.2) is 0 Å². The Labute approximate surface area is 128 Å². The van der Waals surface area contributed by atoms with Gasteiger partial charge in [0, 0.05) is 19.2 Å². The average molecular weight is 297 g/mol. The average Bonchev–Trinajstić information content (AvgIpc) is 2.46. The van der Waals surface area contributed by atoms with E-state index in [9.17, 15) is 9.90 Å². The first-order chi connectivity index (χ1) is 10.1. The van der Waals surface area contributed by atoms with Crippen molar-refractivity contribution in [1.82, 2.24) is 4.90 Å². The minimum absolute atomic E-state index is 0.293. The lowest BCUT2D eigenvalue weighted by Crippen LogP contribution is -2.55. The maximum Gasteiger partial charge on any atom is 0.320 e. The molecule has 2 aliphatic rings. The molecular weight excluding hydrogens is 266 g/mol. The Morgan fingerprint density at radius 2 is 1.95 bits per heavy atom. The molecule has 0 spiro atoms. The largest absolute Gasteiger partial charge is 0.480 e. The summed E-state index contributed by atoms with van der Waals surface area (Å²) < 4.78 is 5.72. The fourth-order valence-corrected chi connectivity index (χ4v) is 3.91. The van der Waals surface area contributed by atoms with Gasteiger partial charge in [0.25, 0.3) is 0 Å². The lowest BCUT2D eigenvalue weighted by molar-refractivity contribution is -0.148. The van der Waals surface area contributed by atoms with Crippen LogP contribution in [0.4, 0.5) is 0 Å². The van der Waals surface area contributed by atoms with Crippen LogP contribution in [0, 0.1) is 11.8 Å². The van der Waals surface area contributed by atoms with Crippen molar-refractivity contribution in [3.8, 4) is 0 Å². The third kappa shape index (κ3) is 4.68. The molecule has 122 valence electrons. The zero-order chi connectivity index (χ0) is 15.2. The third-order valence-corrected chi connectivity index (χ3v) is 5.12. The van der Waals surface area contributed by atoms with Gasteiger partial charge in [-0.3, -0.25) is 9.69 Å². The molecule has 4 heteroatoms. The van der Waals surface area contributed by atoms with Crippen LogP contribution in [0.3, 0.4) is 0 Å². The molecule has 3 unspecified atom stereocenters. The SMILES string of the molecule is CC(C)CCOCCN1C(C(=O)O)CCC2CCCCC21. The number of carboxylic acids is 1. The summed E-state index contributed by atoms with van der Waals surface area (Å²) in [7, 11) is 0. The van der Waals surface area contributed by atoms with E-state index in [1.165, 1.54) is 25.7 Å². The van der Waals surface area contributed by atoms with Crippen LogP contribution in [0.15, 0.2) is 0 Å². The second-order valence-corrected chi connectivity index (χ2v) is 7.08. The molecule has 1 aliphatic carbocycles. The van der Waals surface area contributed by atoms with Gasteiger partial charge in [-0.2, -0.15) is 0 Å². The lowest BCUT2D eigenvalue weighted by Gasteiger charge is -2.47. The van der Waals surface area contributed by atoms with Crippen LogP contribution in [0.2, 0.25) is 0 Å². The summed E-state index contributed by atoms with van der Waals surface area (Å²) in [5.74, 6) is 0.723. The number of nitrogens with zero attached hydrogens (tertiary/aromatic N) is 1. The van der Waals surface area contributed by atoms with Crippen molar-refractivity contribution < 1.29 is 14.6 Å². The summed E-state index contributed by atoms with van der Waals surface area (Å²) >= 11 is 0. The zero-order valence-electron chi connectivity index (χ0n) is 13.6. The second-order valence-electron chi connectivity index (χ2n) is 7.08. The summed E-state index contributed by atoms with van der Waals surface area (Å²) in [4.78, 5) is 13.8. The zero-order valence-corrected chi connectivity index (χ0v) is 13.6. The molecule has 0 aromatic heterocycles. The smallest absolute Gasteiger partial charge is 0.320 e. The maximum absolute atomic E-state index is 11.5. The lowest BCUT2D eigenvalue weighted by atomic mass is 9.76. The van der Waals surface area contributed by atoms with E-state index in [-0.39, 0.29) is 6.04 Å². The number of likely N-dealkylation sites (tertiary alicyclic amines) is 1. The normalized spacial score (nSPS) is 30.3. The van der Waals surface area contributed by atoms with Gasteiger partial charge >= 0.3 is 5.97 Å². The van der Waals surface area contributed by atoms with Crippen molar-refractivity contribution >= 4 is 5.97 Å². The van der Waals surface area contributed by atoms with Crippen molar-refractivity contribution in [3.63, 3.8) is 0 Å². The van der Waals surface area contributed by atoms with E-state index < -0.39 is 5.97 Å². The Hall–Kier alpha value is -0.610. The predicted molar refractivity (Wildman–Crippen MR) is 83.4 cm³/mol. The quantitative estimate of drug-likeness (QED) is 0.733. The fourth-order valence-electron chi connectivity index (χ4n) is 3.91. The van der Waals surface area contributed by atoms with Crippen molar-refractivity contribution in [2.75, 3.05) is 19.8 Å². The molecule has 0 aromatic carbocycles. The molecule has 2 fully saturated rings. The molecule has 4 nitrogen and oxygen atoms in total. The van der Waals surface area contributed by atoms with E-state index in [0.717, 1.165) is 32.4 Å². The molecule has 0 aromatic rings. The minimum Gasteiger partial charge on any atom is -0.480 e. The summed E-state index contributed by atoms with van der Waals surface area (Å²) in [6, 6.07) is 0.181. The second kappa shape index (κ2) is 8.14. The van der Waals surface area contributed by atoms with Crippen LogP contribution in [0.25, 0.3) is 0 Å². The number of fused-ring (bicyclic) bond motifs is 1. The molecule has 0 bridgehead atoms. The van der Waals surface area contributed by atoms with Gasteiger partial charge in [-0.15, -0.1) is 0 Å². The minimum atomic E-state index is -0.652. The van der Waals surface area contributed by atoms with Crippen LogP contribution in [0.5, 0.6) is 0 Å². The van der Waals surface area contributed by atoms with Gasteiger partial charge in [0.05, 0.1) is 6.61 Å². The number of carbonyl (C=O) groups is 1. The first-order valence-corrected chi connectivity index (χ1v) is 8.66. The standard InChI is InChI=1S/C17H31NO3/c1-13(2)9-11-21-12-10-18-15-6-4-3-5-14(15)7-8-16(18)17(19)20/h13-16H,3-12H2,1-2H3,(H,19,20). The highest BCUT2D eigenvalue weighted by Gasteiger charge is 2.40. The van der Waals surface area contributed by atoms with Gasteiger partial charge in [-0.25, -0.2) is 0 Å². The molecular formula is C17H31NO3. The Bertz CT molecular complexity index is 332. The maximum atomic E-state index is 11.5. The number of hydrogen-bond acceptors (Lipinski definition) is 3. The van der Waals surface area contributed by atoms with E-state index in [1.807, 2.05) is 0 Å². The Kier molecular flexibility index (Phi) is 6.49. The summed E-state index contributed by atoms with van der Waals surface area (Å²) in [5, 5.41) is 9.49. The van der Waals surface area contributed by atoms with Crippen LogP contribution < -0.4 is 0 Å². The Morgan fingerprint density at radius 1 is 1.19 bits per heavy atom. The van der Waals surface area contributed by atoms with E-state index in [0.29, 0.717) is 24.5 Å². The van der Waals surface area contributed by atoms with Crippen LogP contribution in [-0.4, -0.2) is 47.8 Å². The van der Waals surface area contributed by atoms with E-state index in [2.05, 4.69) is 18.7 Å². The number of carboxylic acid groups (broad SMARTS) is 1. The molecule has 1 aliphatic heterocycles. The number of aliphatic carboxylic acids is 1. The highest BCUT2D eigenvalue weighted by molar-refractivity contribution is 5.73. The predicted octanol–water partition coefficient (Wildman–Crippen LogP) is 3.16. The first-order valence-electron chi connectivity index (χ1n) is 8.66. The Balaban J connectivity index is 1.85. The van der Waals surface area contributed by atoms with E-state index >= 15 is 0 Å². The molecule has 1 heterocycles. The van der Waals surface area contributed by atoms with Crippen LogP contribution in [-0.2, 0) is 9.53 Å². The van der Waals surface area contributed by atoms with Crippen LogP contribution in [0.1, 0.15) is 58.8 Å². The summed E-state index contributed by atoms with van der Waals surface area (Å²) in [6.07, 6.45) is 7.99. The van der Waals surface area contributed by atoms with Gasteiger partial charge in [0.1, 0.15) is 6.04 Å². The molecule has 1 saturated carbocycles. The molecule has 21 heavy (non-hydrogen) atoms. The fraction of sp³-hybridized carbons (Fsp3) is 0.941.